The van der Waals surface area contributed by atoms with Crippen molar-refractivity contribution in [1.29, 1.82) is 0 Å². The fourth-order valence-corrected chi connectivity index (χ4v) is 6.61. The summed E-state index contributed by atoms with van der Waals surface area (Å²) in [4.78, 5) is 20.1. The number of rotatable bonds is 15. The van der Waals surface area contributed by atoms with Gasteiger partial charge in [-0.25, -0.2) is 4.57 Å². The average molecular weight is 731 g/mol. The van der Waals surface area contributed by atoms with Gasteiger partial charge in [0.2, 0.25) is 0 Å². The second kappa shape index (κ2) is 16.8. The predicted octanol–water partition coefficient (Wildman–Crippen LogP) is 9.16. The van der Waals surface area contributed by atoms with Gasteiger partial charge in [-0.15, -0.1) is 0 Å². The Morgan fingerprint density at radius 2 is 1.02 bits per heavy atom. The van der Waals surface area contributed by atoms with E-state index in [-0.39, 0.29) is 19.6 Å². The van der Waals surface area contributed by atoms with Crippen LogP contribution in [-0.4, -0.2) is 15.9 Å². The van der Waals surface area contributed by atoms with Crippen LogP contribution >= 0.6 is 7.82 Å². The van der Waals surface area contributed by atoms with Gasteiger partial charge < -0.3 is 33.5 Å². The highest BCUT2D eigenvalue weighted by Gasteiger charge is 2.39. The summed E-state index contributed by atoms with van der Waals surface area (Å²) >= 11 is 0. The molecule has 0 aromatic heterocycles. The molecule has 0 saturated carbocycles. The summed E-state index contributed by atoms with van der Waals surface area (Å²) in [7, 11) is -4.96. The summed E-state index contributed by atoms with van der Waals surface area (Å²) < 4.78 is 49.5. The quantitative estimate of drug-likeness (QED) is 0.0999. The summed E-state index contributed by atoms with van der Waals surface area (Å²) in [5.41, 5.74) is 5.07. The van der Waals surface area contributed by atoms with Crippen LogP contribution in [0.2, 0.25) is 0 Å². The van der Waals surface area contributed by atoms with Crippen LogP contribution < -0.4 is 23.7 Å². The predicted molar refractivity (Wildman–Crippen MR) is 200 cm³/mol. The lowest BCUT2D eigenvalue weighted by Crippen LogP contribution is -2.32. The topological polar surface area (TPSA) is 113 Å². The van der Waals surface area contributed by atoms with Crippen LogP contribution in [0.25, 0.3) is 0 Å². The second-order valence-electron chi connectivity index (χ2n) is 12.6. The van der Waals surface area contributed by atoms with E-state index in [1.54, 1.807) is 30.3 Å². The van der Waals surface area contributed by atoms with Crippen molar-refractivity contribution < 1.29 is 42.6 Å². The third kappa shape index (κ3) is 9.86. The van der Waals surface area contributed by atoms with E-state index in [4.69, 9.17) is 28.2 Å². The van der Waals surface area contributed by atoms with Crippen molar-refractivity contribution in [2.24, 2.45) is 0 Å². The van der Waals surface area contributed by atoms with Gasteiger partial charge in [-0.3, -0.25) is 4.52 Å². The fraction of sp³-hybridized carbons (Fsp3) is 0.163. The lowest BCUT2D eigenvalue weighted by molar-refractivity contribution is 0.0166. The Labute approximate surface area is 308 Å². The average Bonchev–Trinajstić information content (AvgIpc) is 3.18. The molecule has 1 aliphatic heterocycles. The maximum absolute atomic E-state index is 12.4. The molecular formula is C43H39O9P. The third-order valence-electron chi connectivity index (χ3n) is 8.67. The van der Waals surface area contributed by atoms with Crippen LogP contribution in [0.5, 0.6) is 28.7 Å². The maximum atomic E-state index is 12.4. The normalized spacial score (nSPS) is 15.1. The number of benzene rings is 6. The first kappa shape index (κ1) is 35.8. The highest BCUT2D eigenvalue weighted by molar-refractivity contribution is 7.46. The molecule has 7 rings (SSSR count). The molecule has 2 atom stereocenters. The molecule has 1 aliphatic rings. The van der Waals surface area contributed by atoms with Crippen LogP contribution in [0.1, 0.15) is 39.5 Å². The van der Waals surface area contributed by atoms with E-state index in [9.17, 15) is 14.4 Å². The molecule has 9 nitrogen and oxygen atoms in total. The number of ether oxygens (including phenoxy) is 5. The van der Waals surface area contributed by atoms with Gasteiger partial charge in [0.25, 0.3) is 0 Å². The smallest absolute Gasteiger partial charge is 0.470 e. The Morgan fingerprint density at radius 1 is 0.547 bits per heavy atom. The maximum Gasteiger partial charge on any atom is 0.470 e. The van der Waals surface area contributed by atoms with Gasteiger partial charge in [0, 0.05) is 24.1 Å². The minimum absolute atomic E-state index is 0.0840. The molecule has 6 aromatic carbocycles. The van der Waals surface area contributed by atoms with Gasteiger partial charge in [0.15, 0.2) is 17.6 Å². The zero-order chi connectivity index (χ0) is 36.5. The minimum Gasteiger partial charge on any atom is -0.489 e. The standard InChI is InChI=1S/C43H39O9P/c44-53(45,46)52-42-26-37-39(49-29-33-17-9-3-10-18-33)24-36(47-27-31-13-5-1-6-14-31)25-40(37)51-43(42)35-21-22-38(48-28-32-15-7-2-8-16-32)41(23-35)50-30-34-19-11-4-12-20-34/h1-25,42-43H,26-30H2,(H2,44,45,46). The lowest BCUT2D eigenvalue weighted by Gasteiger charge is -2.35. The first-order valence-electron chi connectivity index (χ1n) is 17.2. The number of hydrogen-bond donors (Lipinski definition) is 2. The van der Waals surface area contributed by atoms with Crippen LogP contribution in [0.4, 0.5) is 0 Å². The molecule has 0 saturated heterocycles. The monoisotopic (exact) mass is 730 g/mol. The van der Waals surface area contributed by atoms with Crippen molar-refractivity contribution >= 4 is 7.82 Å². The van der Waals surface area contributed by atoms with E-state index >= 15 is 0 Å². The largest absolute Gasteiger partial charge is 0.489 e. The van der Waals surface area contributed by atoms with Crippen molar-refractivity contribution in [3.05, 3.63) is 185 Å². The minimum atomic E-state index is -4.96. The van der Waals surface area contributed by atoms with Crippen LogP contribution in [0.15, 0.2) is 152 Å². The highest BCUT2D eigenvalue weighted by atomic mass is 31.2. The molecule has 0 radical (unpaired) electrons. The van der Waals surface area contributed by atoms with Gasteiger partial charge >= 0.3 is 7.82 Å². The summed E-state index contributed by atoms with van der Waals surface area (Å²) in [6, 6.07) is 48.0. The van der Waals surface area contributed by atoms with E-state index in [2.05, 4.69) is 0 Å². The first-order valence-corrected chi connectivity index (χ1v) is 18.8. The molecule has 6 aromatic rings. The first-order chi connectivity index (χ1) is 25.9. The van der Waals surface area contributed by atoms with Crippen molar-refractivity contribution in [3.63, 3.8) is 0 Å². The van der Waals surface area contributed by atoms with Crippen LogP contribution in [-0.2, 0) is 41.9 Å². The summed E-state index contributed by atoms with van der Waals surface area (Å²) in [6.45, 7) is 1.16. The van der Waals surface area contributed by atoms with E-state index in [0.717, 1.165) is 22.3 Å². The van der Waals surface area contributed by atoms with Gasteiger partial charge in [0.05, 0.1) is 0 Å². The molecule has 0 bridgehead atoms. The van der Waals surface area contributed by atoms with Crippen molar-refractivity contribution in [1.82, 2.24) is 0 Å². The molecule has 0 amide bonds. The van der Waals surface area contributed by atoms with E-state index < -0.39 is 20.0 Å². The zero-order valence-electron chi connectivity index (χ0n) is 28.8. The molecule has 270 valence electrons. The fourth-order valence-electron chi connectivity index (χ4n) is 6.07. The van der Waals surface area contributed by atoms with Crippen LogP contribution in [0.3, 0.4) is 0 Å². The van der Waals surface area contributed by atoms with Crippen molar-refractivity contribution in [2.75, 3.05) is 0 Å². The van der Waals surface area contributed by atoms with Crippen molar-refractivity contribution in [2.45, 2.75) is 45.1 Å². The third-order valence-corrected chi connectivity index (χ3v) is 9.21. The molecule has 1 heterocycles. The lowest BCUT2D eigenvalue weighted by atomic mass is 9.93. The Hall–Kier alpha value is -5.57. The van der Waals surface area contributed by atoms with E-state index in [1.807, 2.05) is 121 Å². The highest BCUT2D eigenvalue weighted by Crippen LogP contribution is 2.49. The SMILES string of the molecule is O=P(O)(O)OC1Cc2c(OCc3ccccc3)cc(OCc3ccccc3)cc2OC1c1ccc(OCc2ccccc2)c(OCc2ccccc2)c1. The molecule has 2 unspecified atom stereocenters. The molecule has 0 spiro atoms. The Kier molecular flexibility index (Phi) is 11.4. The van der Waals surface area contributed by atoms with Gasteiger partial charge in [-0.05, 0) is 39.9 Å². The number of phosphoric acid groups is 1. The zero-order valence-corrected chi connectivity index (χ0v) is 29.7. The van der Waals surface area contributed by atoms with Crippen LogP contribution in [0, 0.1) is 0 Å². The van der Waals surface area contributed by atoms with E-state index in [0.29, 0.717) is 53.1 Å². The van der Waals surface area contributed by atoms with E-state index in [1.165, 1.54) is 0 Å². The number of phosphoric ester groups is 1. The molecule has 2 N–H and O–H groups in total. The number of fused-ring (bicyclic) bond motifs is 1. The molecule has 0 aliphatic carbocycles. The summed E-state index contributed by atoms with van der Waals surface area (Å²) in [5.74, 6) is 2.37. The van der Waals surface area contributed by atoms with Gasteiger partial charge in [-0.2, -0.15) is 0 Å². The molecule has 0 fully saturated rings. The summed E-state index contributed by atoms with van der Waals surface area (Å²) in [6.07, 6.45) is -1.94. The Morgan fingerprint density at radius 3 is 1.53 bits per heavy atom. The molecule has 53 heavy (non-hydrogen) atoms. The molecule has 10 heteroatoms. The summed E-state index contributed by atoms with van der Waals surface area (Å²) in [5, 5.41) is 0. The van der Waals surface area contributed by atoms with Gasteiger partial charge in [-0.1, -0.05) is 127 Å². The second-order valence-corrected chi connectivity index (χ2v) is 13.8. The number of hydrogen-bond acceptors (Lipinski definition) is 7. The Balaban J connectivity index is 1.23. The molecular weight excluding hydrogens is 691 g/mol. The van der Waals surface area contributed by atoms with Crippen molar-refractivity contribution in [3.8, 4) is 28.7 Å². The Bertz CT molecular complexity index is 2120. The van der Waals surface area contributed by atoms with Gasteiger partial charge in [0.1, 0.15) is 49.8 Å².